The molecule has 0 saturated carbocycles. The second-order valence-electron chi connectivity index (χ2n) is 4.63. The van der Waals surface area contributed by atoms with Gasteiger partial charge in [-0.15, -0.1) is 12.6 Å². The van der Waals surface area contributed by atoms with E-state index >= 15 is 0 Å². The Bertz CT molecular complexity index is 357. The molecule has 0 spiro atoms. The standard InChI is InChI=1S/C13H19NOS/c1-4-9-13(2,3)14-12(15)10-5-7-11(16)8-6-10/h5-8,16H,4,9H2,1-3H3,(H,14,15). The van der Waals surface area contributed by atoms with Crippen LogP contribution in [0.2, 0.25) is 0 Å². The van der Waals surface area contributed by atoms with Gasteiger partial charge in [-0.1, -0.05) is 13.3 Å². The molecule has 0 aromatic heterocycles. The molecule has 1 aromatic rings. The molecule has 0 bridgehead atoms. The summed E-state index contributed by atoms with van der Waals surface area (Å²) in [6.07, 6.45) is 2.03. The third kappa shape index (κ3) is 3.89. The molecule has 0 atom stereocenters. The number of nitrogens with one attached hydrogen (secondary N) is 1. The second kappa shape index (κ2) is 5.39. The molecule has 0 aliphatic rings. The lowest BCUT2D eigenvalue weighted by atomic mass is 9.98. The maximum absolute atomic E-state index is 11.9. The van der Waals surface area contributed by atoms with Gasteiger partial charge in [-0.2, -0.15) is 0 Å². The first-order valence-corrected chi connectivity index (χ1v) is 6.01. The summed E-state index contributed by atoms with van der Waals surface area (Å²) in [4.78, 5) is 12.8. The Morgan fingerprint density at radius 3 is 2.38 bits per heavy atom. The highest BCUT2D eigenvalue weighted by Gasteiger charge is 2.19. The predicted molar refractivity (Wildman–Crippen MR) is 70.1 cm³/mol. The summed E-state index contributed by atoms with van der Waals surface area (Å²) < 4.78 is 0. The van der Waals surface area contributed by atoms with Gasteiger partial charge in [0.1, 0.15) is 0 Å². The molecular formula is C13H19NOS. The van der Waals surface area contributed by atoms with E-state index in [-0.39, 0.29) is 11.4 Å². The highest BCUT2D eigenvalue weighted by atomic mass is 32.1. The zero-order valence-corrected chi connectivity index (χ0v) is 11.0. The van der Waals surface area contributed by atoms with Crippen molar-refractivity contribution in [3.63, 3.8) is 0 Å². The van der Waals surface area contributed by atoms with Crippen LogP contribution in [-0.4, -0.2) is 11.4 Å². The lowest BCUT2D eigenvalue weighted by Gasteiger charge is -2.25. The first kappa shape index (κ1) is 13.1. The number of carbonyl (C=O) groups is 1. The normalized spacial score (nSPS) is 11.2. The molecule has 0 heterocycles. The van der Waals surface area contributed by atoms with E-state index in [0.717, 1.165) is 17.7 Å². The van der Waals surface area contributed by atoms with Gasteiger partial charge >= 0.3 is 0 Å². The van der Waals surface area contributed by atoms with Crippen LogP contribution in [0.3, 0.4) is 0 Å². The Morgan fingerprint density at radius 2 is 1.88 bits per heavy atom. The van der Waals surface area contributed by atoms with Crippen molar-refractivity contribution in [1.82, 2.24) is 5.32 Å². The van der Waals surface area contributed by atoms with Crippen LogP contribution in [-0.2, 0) is 0 Å². The van der Waals surface area contributed by atoms with E-state index < -0.39 is 0 Å². The minimum absolute atomic E-state index is 0.0215. The van der Waals surface area contributed by atoms with Crippen LogP contribution in [0, 0.1) is 0 Å². The molecule has 3 heteroatoms. The minimum atomic E-state index is -0.147. The van der Waals surface area contributed by atoms with E-state index in [1.54, 1.807) is 12.1 Å². The molecule has 0 aliphatic heterocycles. The molecule has 0 unspecified atom stereocenters. The minimum Gasteiger partial charge on any atom is -0.347 e. The van der Waals surface area contributed by atoms with Crippen molar-refractivity contribution in [3.8, 4) is 0 Å². The average molecular weight is 237 g/mol. The van der Waals surface area contributed by atoms with Crippen LogP contribution < -0.4 is 5.32 Å². The van der Waals surface area contributed by atoms with Crippen molar-refractivity contribution in [2.24, 2.45) is 0 Å². The third-order valence-electron chi connectivity index (χ3n) is 2.46. The lowest BCUT2D eigenvalue weighted by Crippen LogP contribution is -2.43. The van der Waals surface area contributed by atoms with Crippen molar-refractivity contribution >= 4 is 18.5 Å². The number of carbonyl (C=O) groups excluding carboxylic acids is 1. The van der Waals surface area contributed by atoms with E-state index in [0.29, 0.717) is 5.56 Å². The quantitative estimate of drug-likeness (QED) is 0.773. The van der Waals surface area contributed by atoms with Crippen LogP contribution in [0.25, 0.3) is 0 Å². The average Bonchev–Trinajstić information content (AvgIpc) is 2.17. The Kier molecular flexibility index (Phi) is 4.42. The van der Waals surface area contributed by atoms with E-state index in [9.17, 15) is 4.79 Å². The van der Waals surface area contributed by atoms with Gasteiger partial charge in [0.05, 0.1) is 0 Å². The fourth-order valence-corrected chi connectivity index (χ4v) is 1.83. The third-order valence-corrected chi connectivity index (χ3v) is 2.75. The Hall–Kier alpha value is -0.960. The van der Waals surface area contributed by atoms with Gasteiger partial charge in [0.2, 0.25) is 0 Å². The molecule has 88 valence electrons. The summed E-state index contributed by atoms with van der Waals surface area (Å²) in [5.74, 6) is -0.0215. The summed E-state index contributed by atoms with van der Waals surface area (Å²) in [7, 11) is 0. The molecular weight excluding hydrogens is 218 g/mol. The molecule has 1 N–H and O–H groups in total. The van der Waals surface area contributed by atoms with E-state index in [4.69, 9.17) is 0 Å². The molecule has 2 nitrogen and oxygen atoms in total. The zero-order valence-electron chi connectivity index (χ0n) is 10.1. The number of thiol groups is 1. The van der Waals surface area contributed by atoms with Gasteiger partial charge in [-0.3, -0.25) is 4.79 Å². The van der Waals surface area contributed by atoms with Gasteiger partial charge in [-0.25, -0.2) is 0 Å². The van der Waals surface area contributed by atoms with E-state index in [2.05, 4.69) is 24.9 Å². The summed E-state index contributed by atoms with van der Waals surface area (Å²) in [5, 5.41) is 3.03. The first-order chi connectivity index (χ1) is 7.44. The largest absolute Gasteiger partial charge is 0.347 e. The maximum Gasteiger partial charge on any atom is 0.251 e. The van der Waals surface area contributed by atoms with Gasteiger partial charge < -0.3 is 5.32 Å². The van der Waals surface area contributed by atoms with Crippen LogP contribution in [0.4, 0.5) is 0 Å². The Balaban J connectivity index is 2.69. The lowest BCUT2D eigenvalue weighted by molar-refractivity contribution is 0.0909. The molecule has 0 radical (unpaired) electrons. The molecule has 1 rings (SSSR count). The molecule has 0 saturated heterocycles. The summed E-state index contributed by atoms with van der Waals surface area (Å²) >= 11 is 4.19. The smallest absolute Gasteiger partial charge is 0.251 e. The highest BCUT2D eigenvalue weighted by molar-refractivity contribution is 7.80. The second-order valence-corrected chi connectivity index (χ2v) is 5.15. The fraction of sp³-hybridized carbons (Fsp3) is 0.462. The monoisotopic (exact) mass is 237 g/mol. The van der Waals surface area contributed by atoms with E-state index in [1.807, 2.05) is 26.0 Å². The number of rotatable bonds is 4. The SMILES string of the molecule is CCCC(C)(C)NC(=O)c1ccc(S)cc1. The van der Waals surface area contributed by atoms with Crippen LogP contribution in [0.5, 0.6) is 0 Å². The summed E-state index contributed by atoms with van der Waals surface area (Å²) in [5.41, 5.74) is 0.535. The van der Waals surface area contributed by atoms with Gasteiger partial charge in [0, 0.05) is 16.0 Å². The van der Waals surface area contributed by atoms with Crippen LogP contribution in [0.1, 0.15) is 44.0 Å². The van der Waals surface area contributed by atoms with Crippen molar-refractivity contribution in [1.29, 1.82) is 0 Å². The predicted octanol–water partition coefficient (Wildman–Crippen LogP) is 3.28. The molecule has 1 amide bonds. The molecule has 0 aliphatic carbocycles. The maximum atomic E-state index is 11.9. The Morgan fingerprint density at radius 1 is 1.31 bits per heavy atom. The number of hydrogen-bond acceptors (Lipinski definition) is 2. The summed E-state index contributed by atoms with van der Waals surface area (Å²) in [6, 6.07) is 7.23. The van der Waals surface area contributed by atoms with Gasteiger partial charge in [0.15, 0.2) is 0 Å². The van der Waals surface area contributed by atoms with Crippen LogP contribution >= 0.6 is 12.6 Å². The number of hydrogen-bond donors (Lipinski definition) is 2. The topological polar surface area (TPSA) is 29.1 Å². The van der Waals surface area contributed by atoms with Crippen molar-refractivity contribution < 1.29 is 4.79 Å². The Labute approximate surface area is 103 Å². The van der Waals surface area contributed by atoms with E-state index in [1.165, 1.54) is 0 Å². The van der Waals surface area contributed by atoms with Gasteiger partial charge in [-0.05, 0) is 44.5 Å². The fourth-order valence-electron chi connectivity index (χ4n) is 1.68. The number of amides is 1. The van der Waals surface area contributed by atoms with Crippen molar-refractivity contribution in [2.75, 3.05) is 0 Å². The zero-order chi connectivity index (χ0) is 12.2. The first-order valence-electron chi connectivity index (χ1n) is 5.56. The van der Waals surface area contributed by atoms with Crippen molar-refractivity contribution in [3.05, 3.63) is 29.8 Å². The molecule has 16 heavy (non-hydrogen) atoms. The number of benzene rings is 1. The molecule has 0 fully saturated rings. The van der Waals surface area contributed by atoms with Crippen molar-refractivity contribution in [2.45, 2.75) is 44.0 Å². The molecule has 1 aromatic carbocycles. The van der Waals surface area contributed by atoms with Crippen LogP contribution in [0.15, 0.2) is 29.2 Å². The highest BCUT2D eigenvalue weighted by Crippen LogP contribution is 2.13. The summed E-state index contributed by atoms with van der Waals surface area (Å²) in [6.45, 7) is 6.20. The van der Waals surface area contributed by atoms with Gasteiger partial charge in [0.25, 0.3) is 5.91 Å².